The molecular weight excluding hydrogens is 184 g/mol. The van der Waals surface area contributed by atoms with Gasteiger partial charge in [-0.1, -0.05) is 13.8 Å². The largest absolute Gasteiger partial charge is 0.468 e. The van der Waals surface area contributed by atoms with Crippen molar-refractivity contribution in [3.63, 3.8) is 0 Å². The lowest BCUT2D eigenvalue weighted by molar-refractivity contribution is -0.140. The summed E-state index contributed by atoms with van der Waals surface area (Å²) in [6.07, 6.45) is 3.51. The fourth-order valence-electron chi connectivity index (χ4n) is 1.22. The van der Waals surface area contributed by atoms with E-state index in [1.165, 1.54) is 20.0 Å². The van der Waals surface area contributed by atoms with Gasteiger partial charge in [0, 0.05) is 5.25 Å². The monoisotopic (exact) mass is 202 g/mol. The van der Waals surface area contributed by atoms with E-state index in [1.807, 2.05) is 0 Å². The van der Waals surface area contributed by atoms with Crippen molar-refractivity contribution in [2.45, 2.75) is 43.6 Å². The molecular formula is C10H18O2S. The van der Waals surface area contributed by atoms with Gasteiger partial charge in [-0.2, -0.15) is 0 Å². The van der Waals surface area contributed by atoms with Crippen LogP contribution in [0, 0.1) is 5.92 Å². The fourth-order valence-corrected chi connectivity index (χ4v) is 2.62. The summed E-state index contributed by atoms with van der Waals surface area (Å²) in [7, 11) is 1.48. The molecule has 0 radical (unpaired) electrons. The van der Waals surface area contributed by atoms with Crippen molar-refractivity contribution in [1.82, 2.24) is 0 Å². The van der Waals surface area contributed by atoms with Gasteiger partial charge < -0.3 is 4.74 Å². The average molecular weight is 202 g/mol. The molecule has 0 amide bonds. The highest BCUT2D eigenvalue weighted by Gasteiger charge is 2.37. The maximum Gasteiger partial charge on any atom is 0.319 e. The number of ether oxygens (including phenoxy) is 1. The fraction of sp³-hybridized carbons (Fsp3) is 0.900. The second-order valence-corrected chi connectivity index (χ2v) is 5.22. The second kappa shape index (κ2) is 4.89. The minimum absolute atomic E-state index is 0.0344. The molecule has 13 heavy (non-hydrogen) atoms. The summed E-state index contributed by atoms with van der Waals surface area (Å²) in [5.41, 5.74) is 0. The first kappa shape index (κ1) is 10.9. The first-order valence-electron chi connectivity index (χ1n) is 4.92. The molecule has 1 rings (SSSR count). The van der Waals surface area contributed by atoms with Crippen molar-refractivity contribution in [3.8, 4) is 0 Å². The normalized spacial score (nSPS) is 20.8. The molecule has 1 aliphatic carbocycles. The van der Waals surface area contributed by atoms with Crippen molar-refractivity contribution in [2.24, 2.45) is 5.92 Å². The number of esters is 1. The zero-order chi connectivity index (χ0) is 9.84. The third kappa shape index (κ3) is 3.22. The van der Waals surface area contributed by atoms with Gasteiger partial charge in [-0.3, -0.25) is 4.79 Å². The molecule has 0 N–H and O–H groups in total. The first-order chi connectivity index (χ1) is 6.19. The van der Waals surface area contributed by atoms with Crippen LogP contribution in [0.1, 0.15) is 33.1 Å². The van der Waals surface area contributed by atoms with Crippen LogP contribution >= 0.6 is 11.8 Å². The Morgan fingerprint density at radius 2 is 2.23 bits per heavy atom. The molecule has 3 heteroatoms. The van der Waals surface area contributed by atoms with Crippen LogP contribution in [0.25, 0.3) is 0 Å². The van der Waals surface area contributed by atoms with E-state index in [-0.39, 0.29) is 11.2 Å². The Bertz CT molecular complexity index is 178. The van der Waals surface area contributed by atoms with Crippen molar-refractivity contribution in [3.05, 3.63) is 0 Å². The van der Waals surface area contributed by atoms with Gasteiger partial charge in [0.05, 0.1) is 7.11 Å². The molecule has 1 aliphatic rings. The van der Waals surface area contributed by atoms with Gasteiger partial charge in [-0.05, 0) is 25.2 Å². The summed E-state index contributed by atoms with van der Waals surface area (Å²) in [5.74, 6) is 0.555. The van der Waals surface area contributed by atoms with Gasteiger partial charge >= 0.3 is 5.97 Å². The van der Waals surface area contributed by atoms with Crippen LogP contribution in [0.3, 0.4) is 0 Å². The standard InChI is InChI=1S/C10H18O2S/c1-4-7(2)13-9(8-5-6-8)10(11)12-3/h7-9H,4-6H2,1-3H3. The Morgan fingerprint density at radius 3 is 2.62 bits per heavy atom. The van der Waals surface area contributed by atoms with Gasteiger partial charge in [0.1, 0.15) is 5.25 Å². The van der Waals surface area contributed by atoms with Crippen molar-refractivity contribution in [1.29, 1.82) is 0 Å². The molecule has 0 heterocycles. The highest BCUT2D eigenvalue weighted by molar-refractivity contribution is 8.01. The number of hydrogen-bond donors (Lipinski definition) is 0. The molecule has 0 aliphatic heterocycles. The number of thioether (sulfide) groups is 1. The second-order valence-electron chi connectivity index (χ2n) is 3.64. The molecule has 1 saturated carbocycles. The number of hydrogen-bond acceptors (Lipinski definition) is 3. The molecule has 2 unspecified atom stereocenters. The zero-order valence-corrected chi connectivity index (χ0v) is 9.39. The lowest BCUT2D eigenvalue weighted by Gasteiger charge is -2.17. The Balaban J connectivity index is 2.42. The molecule has 2 atom stereocenters. The van der Waals surface area contributed by atoms with E-state index < -0.39 is 0 Å². The van der Waals surface area contributed by atoms with E-state index in [2.05, 4.69) is 13.8 Å². The number of rotatable bonds is 5. The molecule has 0 aromatic heterocycles. The SMILES string of the molecule is CCC(C)SC(C(=O)OC)C1CC1. The van der Waals surface area contributed by atoms with E-state index in [4.69, 9.17) is 4.74 Å². The summed E-state index contributed by atoms with van der Waals surface area (Å²) < 4.78 is 4.80. The Hall–Kier alpha value is -0.180. The lowest BCUT2D eigenvalue weighted by Crippen LogP contribution is -2.23. The van der Waals surface area contributed by atoms with Gasteiger partial charge in [-0.15, -0.1) is 11.8 Å². The number of carbonyl (C=O) groups excluding carboxylic acids is 1. The van der Waals surface area contributed by atoms with E-state index in [1.54, 1.807) is 11.8 Å². The van der Waals surface area contributed by atoms with Crippen LogP contribution in [0.5, 0.6) is 0 Å². The summed E-state index contributed by atoms with van der Waals surface area (Å²) >= 11 is 1.77. The Kier molecular flexibility index (Phi) is 4.10. The highest BCUT2D eigenvalue weighted by atomic mass is 32.2. The van der Waals surface area contributed by atoms with Gasteiger partial charge in [-0.25, -0.2) is 0 Å². The van der Waals surface area contributed by atoms with Crippen molar-refractivity contribution in [2.75, 3.05) is 7.11 Å². The molecule has 0 saturated heterocycles. The van der Waals surface area contributed by atoms with Gasteiger partial charge in [0.2, 0.25) is 0 Å². The third-order valence-corrected chi connectivity index (χ3v) is 4.11. The first-order valence-corrected chi connectivity index (χ1v) is 5.86. The molecule has 0 aromatic carbocycles. The maximum absolute atomic E-state index is 11.4. The Labute approximate surface area is 84.4 Å². The predicted molar refractivity (Wildman–Crippen MR) is 55.9 cm³/mol. The number of methoxy groups -OCH3 is 1. The smallest absolute Gasteiger partial charge is 0.319 e. The van der Waals surface area contributed by atoms with Crippen LogP contribution in [0.4, 0.5) is 0 Å². The topological polar surface area (TPSA) is 26.3 Å². The van der Waals surface area contributed by atoms with Crippen molar-refractivity contribution < 1.29 is 9.53 Å². The summed E-state index contributed by atoms with van der Waals surface area (Å²) in [5, 5.41) is 0.657. The molecule has 2 nitrogen and oxygen atoms in total. The highest BCUT2D eigenvalue weighted by Crippen LogP contribution is 2.41. The summed E-state index contributed by atoms with van der Waals surface area (Å²) in [6, 6.07) is 0. The average Bonchev–Trinajstić information content (AvgIpc) is 2.95. The van der Waals surface area contributed by atoms with Crippen LogP contribution in [-0.2, 0) is 9.53 Å². The molecule has 0 bridgehead atoms. The van der Waals surface area contributed by atoms with Crippen LogP contribution in [-0.4, -0.2) is 23.6 Å². The Morgan fingerprint density at radius 1 is 1.62 bits per heavy atom. The lowest BCUT2D eigenvalue weighted by atomic mass is 10.3. The van der Waals surface area contributed by atoms with E-state index in [0.717, 1.165) is 6.42 Å². The molecule has 1 fully saturated rings. The minimum Gasteiger partial charge on any atom is -0.468 e. The van der Waals surface area contributed by atoms with Crippen molar-refractivity contribution >= 4 is 17.7 Å². The van der Waals surface area contributed by atoms with E-state index in [0.29, 0.717) is 11.2 Å². The quantitative estimate of drug-likeness (QED) is 0.641. The molecule has 76 valence electrons. The zero-order valence-electron chi connectivity index (χ0n) is 8.58. The van der Waals surface area contributed by atoms with Gasteiger partial charge in [0.15, 0.2) is 0 Å². The van der Waals surface area contributed by atoms with E-state index >= 15 is 0 Å². The summed E-state index contributed by atoms with van der Waals surface area (Å²) in [6.45, 7) is 4.32. The predicted octanol–water partition coefficient (Wildman–Crippen LogP) is 2.47. The number of carbonyl (C=O) groups is 1. The van der Waals surface area contributed by atoms with E-state index in [9.17, 15) is 4.79 Å². The minimum atomic E-state index is -0.0344. The van der Waals surface area contributed by atoms with Crippen LogP contribution < -0.4 is 0 Å². The van der Waals surface area contributed by atoms with Gasteiger partial charge in [0.25, 0.3) is 0 Å². The van der Waals surface area contributed by atoms with Crippen LogP contribution in [0.2, 0.25) is 0 Å². The summed E-state index contributed by atoms with van der Waals surface area (Å²) in [4.78, 5) is 11.4. The maximum atomic E-state index is 11.4. The third-order valence-electron chi connectivity index (χ3n) is 2.44. The molecule has 0 aromatic rings. The molecule has 0 spiro atoms. The van der Waals surface area contributed by atoms with Crippen LogP contribution in [0.15, 0.2) is 0 Å².